The van der Waals surface area contributed by atoms with Crippen LogP contribution in [-0.4, -0.2) is 10.5 Å². The van der Waals surface area contributed by atoms with E-state index in [2.05, 4.69) is 27.9 Å². The third-order valence-electron chi connectivity index (χ3n) is 3.12. The van der Waals surface area contributed by atoms with Crippen LogP contribution in [0.5, 0.6) is 0 Å². The predicted molar refractivity (Wildman–Crippen MR) is 82.0 cm³/mol. The van der Waals surface area contributed by atoms with Crippen LogP contribution in [0.4, 0.5) is 5.69 Å². The normalized spacial score (nSPS) is 10.4. The van der Waals surface area contributed by atoms with Gasteiger partial charge >= 0.3 is 0 Å². The van der Waals surface area contributed by atoms with Crippen LogP contribution in [0.3, 0.4) is 0 Å². The molecule has 18 heavy (non-hydrogen) atoms. The second kappa shape index (κ2) is 5.14. The number of carbonyl (C=O) groups excluding carboxylic acids is 1. The van der Waals surface area contributed by atoms with Crippen molar-refractivity contribution in [3.63, 3.8) is 0 Å². The standard InChI is InChI=1S/C14H15IN2O/c1-9-7-8-13(17(9)3)14(18)16-12-6-4-5-11(15)10(12)2/h4-8H,1-3H3,(H,16,18). The quantitative estimate of drug-likeness (QED) is 0.823. The van der Waals surface area contributed by atoms with E-state index in [1.165, 1.54) is 0 Å². The van der Waals surface area contributed by atoms with Gasteiger partial charge in [-0.1, -0.05) is 6.07 Å². The summed E-state index contributed by atoms with van der Waals surface area (Å²) in [6, 6.07) is 9.68. The molecule has 0 unspecified atom stereocenters. The molecule has 0 saturated carbocycles. The van der Waals surface area contributed by atoms with Crippen molar-refractivity contribution in [1.82, 2.24) is 4.57 Å². The molecule has 1 aromatic heterocycles. The maximum atomic E-state index is 12.2. The summed E-state index contributed by atoms with van der Waals surface area (Å²) < 4.78 is 3.03. The molecule has 0 spiro atoms. The lowest BCUT2D eigenvalue weighted by Crippen LogP contribution is -2.16. The number of rotatable bonds is 2. The van der Waals surface area contributed by atoms with Crippen molar-refractivity contribution >= 4 is 34.2 Å². The van der Waals surface area contributed by atoms with Gasteiger partial charge in [0.1, 0.15) is 5.69 Å². The van der Waals surface area contributed by atoms with E-state index >= 15 is 0 Å². The second-order valence-electron chi connectivity index (χ2n) is 4.29. The highest BCUT2D eigenvalue weighted by molar-refractivity contribution is 14.1. The molecule has 1 heterocycles. The number of nitrogens with zero attached hydrogens (tertiary/aromatic N) is 1. The van der Waals surface area contributed by atoms with Crippen LogP contribution in [0.1, 0.15) is 21.7 Å². The summed E-state index contributed by atoms with van der Waals surface area (Å²) >= 11 is 2.27. The second-order valence-corrected chi connectivity index (χ2v) is 5.45. The fourth-order valence-electron chi connectivity index (χ4n) is 1.77. The van der Waals surface area contributed by atoms with Gasteiger partial charge in [0.2, 0.25) is 0 Å². The van der Waals surface area contributed by atoms with Gasteiger partial charge in [-0.2, -0.15) is 0 Å². The molecule has 3 nitrogen and oxygen atoms in total. The average molecular weight is 354 g/mol. The van der Waals surface area contributed by atoms with Crippen LogP contribution in [0.2, 0.25) is 0 Å². The zero-order valence-corrected chi connectivity index (χ0v) is 12.8. The molecule has 1 aromatic carbocycles. The first-order valence-corrected chi connectivity index (χ1v) is 6.77. The fraction of sp³-hybridized carbons (Fsp3) is 0.214. The number of benzene rings is 1. The minimum atomic E-state index is -0.0734. The summed E-state index contributed by atoms with van der Waals surface area (Å²) in [5.41, 5.74) is 3.70. The summed E-state index contributed by atoms with van der Waals surface area (Å²) in [5, 5.41) is 2.96. The van der Waals surface area contributed by atoms with Gasteiger partial charge in [0.05, 0.1) is 0 Å². The highest BCUT2D eigenvalue weighted by Gasteiger charge is 2.12. The number of hydrogen-bond acceptors (Lipinski definition) is 1. The van der Waals surface area contributed by atoms with Gasteiger partial charge in [-0.25, -0.2) is 0 Å². The summed E-state index contributed by atoms with van der Waals surface area (Å²) in [4.78, 5) is 12.2. The Labute approximate surface area is 120 Å². The van der Waals surface area contributed by atoms with Gasteiger partial charge in [0, 0.05) is 22.0 Å². The zero-order valence-electron chi connectivity index (χ0n) is 10.6. The smallest absolute Gasteiger partial charge is 0.272 e. The topological polar surface area (TPSA) is 34.0 Å². The average Bonchev–Trinajstić information content (AvgIpc) is 2.66. The Morgan fingerprint density at radius 3 is 2.56 bits per heavy atom. The number of aromatic nitrogens is 1. The van der Waals surface area contributed by atoms with E-state index in [1.807, 2.05) is 55.8 Å². The molecule has 1 amide bonds. The molecule has 0 bridgehead atoms. The Kier molecular flexibility index (Phi) is 3.75. The first-order chi connectivity index (χ1) is 8.50. The van der Waals surface area contributed by atoms with E-state index < -0.39 is 0 Å². The molecule has 0 aliphatic heterocycles. The van der Waals surface area contributed by atoms with Gasteiger partial charge in [0.25, 0.3) is 5.91 Å². The number of amides is 1. The summed E-state index contributed by atoms with van der Waals surface area (Å²) in [6.07, 6.45) is 0. The number of aryl methyl sites for hydroxylation is 1. The SMILES string of the molecule is Cc1c(I)cccc1NC(=O)c1ccc(C)n1C. The lowest BCUT2D eigenvalue weighted by molar-refractivity contribution is 0.101. The van der Waals surface area contributed by atoms with Crippen molar-refractivity contribution in [3.05, 3.63) is 50.9 Å². The van der Waals surface area contributed by atoms with Crippen LogP contribution in [0, 0.1) is 17.4 Å². The number of halogens is 1. The van der Waals surface area contributed by atoms with E-state index in [9.17, 15) is 4.79 Å². The molecular formula is C14H15IN2O. The van der Waals surface area contributed by atoms with Gasteiger partial charge < -0.3 is 9.88 Å². The third-order valence-corrected chi connectivity index (χ3v) is 4.29. The molecule has 1 N–H and O–H groups in total. The van der Waals surface area contributed by atoms with Crippen molar-refractivity contribution in [2.24, 2.45) is 7.05 Å². The highest BCUT2D eigenvalue weighted by atomic mass is 127. The summed E-state index contributed by atoms with van der Waals surface area (Å²) in [6.45, 7) is 3.99. The van der Waals surface area contributed by atoms with E-state index in [4.69, 9.17) is 0 Å². The molecule has 0 radical (unpaired) electrons. The first-order valence-electron chi connectivity index (χ1n) is 5.69. The Bertz CT molecular complexity index is 602. The number of nitrogens with one attached hydrogen (secondary N) is 1. The fourth-order valence-corrected chi connectivity index (χ4v) is 2.27. The number of carbonyl (C=O) groups is 1. The van der Waals surface area contributed by atoms with E-state index in [0.717, 1.165) is 20.5 Å². The molecule has 0 atom stereocenters. The van der Waals surface area contributed by atoms with Crippen LogP contribution < -0.4 is 5.32 Å². The predicted octanol–water partition coefficient (Wildman–Crippen LogP) is 3.50. The Hall–Kier alpha value is -1.30. The molecule has 0 aliphatic carbocycles. The molecule has 0 aliphatic rings. The summed E-state index contributed by atoms with van der Waals surface area (Å²) in [5.74, 6) is -0.0734. The minimum absolute atomic E-state index is 0.0734. The van der Waals surface area contributed by atoms with Crippen molar-refractivity contribution < 1.29 is 4.79 Å². The van der Waals surface area contributed by atoms with Crippen molar-refractivity contribution in [2.75, 3.05) is 5.32 Å². The molecule has 2 rings (SSSR count). The van der Waals surface area contributed by atoms with Crippen molar-refractivity contribution in [1.29, 1.82) is 0 Å². The third kappa shape index (κ3) is 2.43. The maximum absolute atomic E-state index is 12.2. The molecule has 4 heteroatoms. The zero-order chi connectivity index (χ0) is 13.3. The summed E-state index contributed by atoms with van der Waals surface area (Å²) in [7, 11) is 1.89. The van der Waals surface area contributed by atoms with Gasteiger partial charge in [-0.3, -0.25) is 4.79 Å². The van der Waals surface area contributed by atoms with E-state index in [0.29, 0.717) is 5.69 Å². The maximum Gasteiger partial charge on any atom is 0.272 e. The Morgan fingerprint density at radius 1 is 1.22 bits per heavy atom. The molecule has 0 fully saturated rings. The molecular weight excluding hydrogens is 339 g/mol. The van der Waals surface area contributed by atoms with E-state index in [-0.39, 0.29) is 5.91 Å². The molecule has 2 aromatic rings. The lowest BCUT2D eigenvalue weighted by Gasteiger charge is -2.10. The van der Waals surface area contributed by atoms with Crippen LogP contribution >= 0.6 is 22.6 Å². The number of anilines is 1. The Morgan fingerprint density at radius 2 is 1.94 bits per heavy atom. The van der Waals surface area contributed by atoms with Gasteiger partial charge in [-0.05, 0) is 66.3 Å². The van der Waals surface area contributed by atoms with E-state index in [1.54, 1.807) is 0 Å². The monoisotopic (exact) mass is 354 g/mol. The number of hydrogen-bond donors (Lipinski definition) is 1. The van der Waals surface area contributed by atoms with Gasteiger partial charge in [-0.15, -0.1) is 0 Å². The van der Waals surface area contributed by atoms with Crippen LogP contribution in [-0.2, 0) is 7.05 Å². The molecule has 94 valence electrons. The van der Waals surface area contributed by atoms with Crippen LogP contribution in [0.15, 0.2) is 30.3 Å². The van der Waals surface area contributed by atoms with Crippen LogP contribution in [0.25, 0.3) is 0 Å². The van der Waals surface area contributed by atoms with Gasteiger partial charge in [0.15, 0.2) is 0 Å². The Balaban J connectivity index is 2.27. The van der Waals surface area contributed by atoms with Crippen molar-refractivity contribution in [2.45, 2.75) is 13.8 Å². The lowest BCUT2D eigenvalue weighted by atomic mass is 10.2. The molecule has 0 saturated heterocycles. The largest absolute Gasteiger partial charge is 0.344 e. The van der Waals surface area contributed by atoms with Crippen molar-refractivity contribution in [3.8, 4) is 0 Å². The highest BCUT2D eigenvalue weighted by Crippen LogP contribution is 2.21. The first kappa shape index (κ1) is 13.1. The minimum Gasteiger partial charge on any atom is -0.344 e.